The van der Waals surface area contributed by atoms with E-state index < -0.39 is 0 Å². The van der Waals surface area contributed by atoms with Crippen molar-refractivity contribution in [2.24, 2.45) is 23.7 Å². The molecule has 0 N–H and O–H groups in total. The lowest BCUT2D eigenvalue weighted by Gasteiger charge is -2.65. The molecule has 4 aromatic carbocycles. The molecule has 15 rings (SSSR count). The van der Waals surface area contributed by atoms with Crippen molar-refractivity contribution in [2.45, 2.75) is 86.2 Å². The van der Waals surface area contributed by atoms with Crippen molar-refractivity contribution >= 4 is 11.4 Å². The molecule has 4 aromatic rings. The summed E-state index contributed by atoms with van der Waals surface area (Å²) >= 11 is 0. The van der Waals surface area contributed by atoms with E-state index in [0.29, 0.717) is 37.1 Å². The molecule has 356 valence electrons. The summed E-state index contributed by atoms with van der Waals surface area (Å²) in [6.45, 7) is 7.73. The summed E-state index contributed by atoms with van der Waals surface area (Å²) in [6.07, 6.45) is 9.71. The van der Waals surface area contributed by atoms with E-state index in [4.69, 9.17) is 28.4 Å². The number of anilines is 2. The minimum atomic E-state index is -0.0517. The van der Waals surface area contributed by atoms with Crippen LogP contribution in [-0.4, -0.2) is 113 Å². The first-order chi connectivity index (χ1) is 32.4. The Morgan fingerprint density at radius 1 is 0.559 bits per heavy atom. The Labute approximate surface area is 412 Å². The van der Waals surface area contributed by atoms with Gasteiger partial charge in [0.1, 0.15) is 50.7 Å². The lowest BCUT2D eigenvalue weighted by molar-refractivity contribution is -0.955. The average molecular weight is 958 g/mol. The zero-order valence-corrected chi connectivity index (χ0v) is 41.0. The normalized spacial score (nSPS) is 39.3. The highest BCUT2D eigenvalue weighted by Gasteiger charge is 2.81. The van der Waals surface area contributed by atoms with Crippen LogP contribution in [0.3, 0.4) is 0 Å². The summed E-state index contributed by atoms with van der Waals surface area (Å²) in [5.74, 6) is 4.63. The number of hydrogen-bond acceptors (Lipinski definition) is 8. The standard InChI is InChI=1S/C56H62N4O6.2ClH/c1-61-43-15-13-33(25-45(43)63-3)29-59-21-19-55-39-9-5-7-11-41(39)57-51(55)49-37(27-47(55)59)35(31-59)17-23-65-53(49)58-42-12-8-6-10-40(42)56-20-22-60(30-34-14-16-44(62-2)46(26-34)64-4)32-36-18-24-66-54(57)50(52(56)58)38(36)28-48(56)60;;/h5-18,25-26,37-38,47-54H,19-24,27-32H2,1-4H3;2*1H/q+2;;/p-2/t37-,38-,47-,48-,49+,50+,51-,52-,53+,54+,55+,56+,59?,60?;;/m0../s1. The molecule has 2 spiro atoms. The topological polar surface area (TPSA) is 61.9 Å². The van der Waals surface area contributed by atoms with E-state index in [1.165, 1.54) is 48.2 Å². The van der Waals surface area contributed by atoms with Gasteiger partial charge < -0.3 is 72.0 Å². The summed E-state index contributed by atoms with van der Waals surface area (Å²) in [6, 6.07) is 34.1. The van der Waals surface area contributed by atoms with Crippen LogP contribution in [0, 0.1) is 23.7 Å². The van der Waals surface area contributed by atoms with Crippen molar-refractivity contribution in [1.29, 1.82) is 0 Å². The predicted octanol–water partition coefficient (Wildman–Crippen LogP) is 1.74. The maximum Gasteiger partial charge on any atom is 0.161 e. The maximum atomic E-state index is 7.70. The Hall–Kier alpha value is -4.42. The Bertz CT molecular complexity index is 2620. The van der Waals surface area contributed by atoms with E-state index in [-0.39, 0.29) is 72.0 Å². The molecule has 7 fully saturated rings. The van der Waals surface area contributed by atoms with Gasteiger partial charge >= 0.3 is 0 Å². The summed E-state index contributed by atoms with van der Waals surface area (Å²) in [5, 5.41) is 0. The highest BCUT2D eigenvalue weighted by Crippen LogP contribution is 2.73. The molecule has 4 bridgehead atoms. The molecule has 2 saturated carbocycles. The van der Waals surface area contributed by atoms with Crippen LogP contribution in [0.25, 0.3) is 0 Å². The summed E-state index contributed by atoms with van der Waals surface area (Å²) in [4.78, 5) is 5.95. The van der Waals surface area contributed by atoms with Gasteiger partial charge in [-0.25, -0.2) is 0 Å². The van der Waals surface area contributed by atoms with E-state index in [1.807, 2.05) is 0 Å². The Morgan fingerprint density at radius 2 is 0.985 bits per heavy atom. The zero-order valence-electron chi connectivity index (χ0n) is 39.5. The largest absolute Gasteiger partial charge is 1.00 e. The molecular weight excluding hydrogens is 896 g/mol. The molecule has 2 aliphatic carbocycles. The fourth-order valence-corrected chi connectivity index (χ4v) is 18.5. The first-order valence-corrected chi connectivity index (χ1v) is 24.9. The third-order valence-electron chi connectivity index (χ3n) is 20.4. The van der Waals surface area contributed by atoms with Gasteiger partial charge in [-0.3, -0.25) is 0 Å². The van der Waals surface area contributed by atoms with Crippen LogP contribution in [0.4, 0.5) is 11.4 Å². The van der Waals surface area contributed by atoms with E-state index in [9.17, 15) is 0 Å². The number of halogens is 2. The fourth-order valence-electron chi connectivity index (χ4n) is 18.5. The monoisotopic (exact) mass is 956 g/mol. The van der Waals surface area contributed by atoms with Gasteiger partial charge in [0.2, 0.25) is 0 Å². The molecule has 0 radical (unpaired) electrons. The van der Waals surface area contributed by atoms with Gasteiger partial charge in [-0.2, -0.15) is 0 Å². The minimum absolute atomic E-state index is 0. The highest BCUT2D eigenvalue weighted by molar-refractivity contribution is 5.72. The summed E-state index contributed by atoms with van der Waals surface area (Å²) in [5.41, 5.74) is 11.8. The van der Waals surface area contributed by atoms with Crippen LogP contribution < -0.4 is 53.6 Å². The van der Waals surface area contributed by atoms with Crippen molar-refractivity contribution in [3.05, 3.63) is 130 Å². The van der Waals surface area contributed by atoms with Crippen LogP contribution in [0.5, 0.6) is 23.0 Å². The van der Waals surface area contributed by atoms with Gasteiger partial charge in [0.05, 0.1) is 77.7 Å². The van der Waals surface area contributed by atoms with Gasteiger partial charge in [-0.15, -0.1) is 0 Å². The van der Waals surface area contributed by atoms with E-state index in [2.05, 4.69) is 107 Å². The molecule has 2 unspecified atom stereocenters. The molecule has 10 nitrogen and oxygen atoms in total. The quantitative estimate of drug-likeness (QED) is 0.196. The molecule has 5 saturated heterocycles. The van der Waals surface area contributed by atoms with Crippen molar-refractivity contribution in [2.75, 3.05) is 77.6 Å². The molecule has 14 atom stereocenters. The minimum Gasteiger partial charge on any atom is -1.00 e. The average Bonchev–Trinajstić information content (AvgIpc) is 3.97. The van der Waals surface area contributed by atoms with Crippen LogP contribution in [-0.2, 0) is 33.4 Å². The number of piperidine rings is 2. The SMILES string of the molecule is COc1ccc(C[N+]23CC[C@@]45c6ccccc6N6[C@@H]7OCC=C8C[N+]9(Cc%10ccc(OC)c(OC)c%10)CC[C@]%10%11c%12ccccc%12N([C@@H]%12OCC=C(C2)[C@H](C[C@@H]43)[C@@H]%12[C@H]65)[C@H]%10[C@H]7[C@H]8C[C@@H]%119)cc1OC.[Cl-].[Cl-]. The second kappa shape index (κ2) is 15.0. The van der Waals surface area contributed by atoms with Crippen LogP contribution in [0.1, 0.15) is 47.9 Å². The number of methoxy groups -OCH3 is 4. The van der Waals surface area contributed by atoms with Crippen LogP contribution >= 0.6 is 0 Å². The first kappa shape index (κ1) is 43.6. The number of hydrogen-bond donors (Lipinski definition) is 0. The zero-order chi connectivity index (χ0) is 43.9. The Balaban J connectivity index is 0.00000229. The number of ether oxygens (including phenoxy) is 6. The number of benzene rings is 4. The van der Waals surface area contributed by atoms with Crippen LogP contribution in [0.15, 0.2) is 108 Å². The molecule has 0 amide bonds. The Morgan fingerprint density at radius 3 is 1.41 bits per heavy atom. The molecule has 68 heavy (non-hydrogen) atoms. The molecule has 12 heteroatoms. The van der Waals surface area contributed by atoms with Crippen molar-refractivity contribution in [3.8, 4) is 23.0 Å². The number of rotatable bonds is 8. The van der Waals surface area contributed by atoms with Gasteiger partial charge in [-0.1, -0.05) is 48.6 Å². The summed E-state index contributed by atoms with van der Waals surface area (Å²) < 4.78 is 40.8. The lowest BCUT2D eigenvalue weighted by atomic mass is 9.52. The third-order valence-corrected chi connectivity index (χ3v) is 20.4. The molecule has 9 heterocycles. The smallest absolute Gasteiger partial charge is 0.161 e. The number of nitrogens with zero attached hydrogens (tertiary/aromatic N) is 4. The van der Waals surface area contributed by atoms with Crippen molar-refractivity contribution in [1.82, 2.24) is 0 Å². The fraction of sp³-hybridized carbons (Fsp3) is 0.500. The van der Waals surface area contributed by atoms with Crippen LogP contribution in [0.2, 0.25) is 0 Å². The number of quaternary nitrogens is 2. The molecular formula is C56H62Cl2N4O6. The van der Waals surface area contributed by atoms with Gasteiger partial charge in [0.25, 0.3) is 0 Å². The van der Waals surface area contributed by atoms with E-state index in [0.717, 1.165) is 71.2 Å². The Kier molecular flexibility index (Phi) is 9.65. The van der Waals surface area contributed by atoms with Gasteiger partial charge in [0, 0.05) is 71.9 Å². The first-order valence-electron chi connectivity index (χ1n) is 24.9. The summed E-state index contributed by atoms with van der Waals surface area (Å²) in [7, 11) is 6.99. The maximum absolute atomic E-state index is 7.70. The number of fused-ring (bicyclic) bond motifs is 6. The second-order valence-corrected chi connectivity index (χ2v) is 22.1. The van der Waals surface area contributed by atoms with E-state index >= 15 is 0 Å². The third kappa shape index (κ3) is 5.15. The molecule has 9 aliphatic heterocycles. The lowest BCUT2D eigenvalue weighted by Crippen LogP contribution is -3.00. The van der Waals surface area contributed by atoms with Gasteiger partial charge in [0.15, 0.2) is 23.0 Å². The molecule has 11 aliphatic rings. The highest BCUT2D eigenvalue weighted by atomic mass is 35.5. The second-order valence-electron chi connectivity index (χ2n) is 22.1. The van der Waals surface area contributed by atoms with Crippen molar-refractivity contribution in [3.63, 3.8) is 0 Å². The molecule has 0 aromatic heterocycles. The number of para-hydroxylation sites is 2. The predicted molar refractivity (Wildman–Crippen MR) is 251 cm³/mol. The van der Waals surface area contributed by atoms with Crippen molar-refractivity contribution < 1.29 is 62.2 Å². The van der Waals surface area contributed by atoms with Gasteiger partial charge in [-0.05, 0) is 70.8 Å². The van der Waals surface area contributed by atoms with E-state index in [1.54, 1.807) is 50.7 Å².